The summed E-state index contributed by atoms with van der Waals surface area (Å²) in [6.07, 6.45) is 0. The Bertz CT molecular complexity index is 93.1. The summed E-state index contributed by atoms with van der Waals surface area (Å²) in [4.78, 5) is 3.84. The zero-order valence-electron chi connectivity index (χ0n) is 5.97. The third kappa shape index (κ3) is 4.79. The lowest BCUT2D eigenvalue weighted by molar-refractivity contribution is 0.920. The van der Waals surface area contributed by atoms with Crippen LogP contribution in [0.1, 0.15) is 13.8 Å². The van der Waals surface area contributed by atoms with Gasteiger partial charge in [-0.05, 0) is 6.92 Å². The molecule has 0 saturated carbocycles. The van der Waals surface area contributed by atoms with Crippen LogP contribution in [0.2, 0.25) is 0 Å². The first-order chi connectivity index (χ1) is 4.18. The number of rotatable bonds is 3. The van der Waals surface area contributed by atoms with E-state index in [1.165, 1.54) is 0 Å². The maximum atomic E-state index is 5.78. The molecular weight excluding hydrogens is 154 g/mol. The first-order valence-electron chi connectivity index (χ1n) is 2.88. The normalized spacial score (nSPS) is 18.2. The Kier molecular flexibility index (Phi) is 5.30. The van der Waals surface area contributed by atoms with E-state index in [0.29, 0.717) is 5.25 Å². The Morgan fingerprint density at radius 1 is 1.56 bits per heavy atom. The van der Waals surface area contributed by atoms with Gasteiger partial charge in [-0.25, -0.2) is 0 Å². The van der Waals surface area contributed by atoms with Crippen molar-refractivity contribution in [3.63, 3.8) is 0 Å². The number of aliphatic imine (C=N–C) groups is 1. The SMILES string of the molecule is CN=CS[C@H](C)C(C)Cl. The van der Waals surface area contributed by atoms with E-state index in [1.54, 1.807) is 18.8 Å². The second kappa shape index (κ2) is 5.12. The smallest absolute Gasteiger partial charge is 0.0540 e. The highest BCUT2D eigenvalue weighted by Gasteiger charge is 2.06. The van der Waals surface area contributed by atoms with Gasteiger partial charge in [0.2, 0.25) is 0 Å². The van der Waals surface area contributed by atoms with Gasteiger partial charge >= 0.3 is 0 Å². The fourth-order valence-electron chi connectivity index (χ4n) is 0.265. The Labute approximate surface area is 65.9 Å². The van der Waals surface area contributed by atoms with Crippen LogP contribution in [-0.2, 0) is 0 Å². The van der Waals surface area contributed by atoms with E-state index in [2.05, 4.69) is 11.9 Å². The summed E-state index contributed by atoms with van der Waals surface area (Å²) in [7, 11) is 1.76. The summed E-state index contributed by atoms with van der Waals surface area (Å²) in [6.45, 7) is 4.08. The molecule has 0 heterocycles. The second-order valence-corrected chi connectivity index (χ2v) is 3.80. The summed E-state index contributed by atoms with van der Waals surface area (Å²) in [5.41, 5.74) is 1.82. The van der Waals surface area contributed by atoms with E-state index in [0.717, 1.165) is 0 Å². The van der Waals surface area contributed by atoms with Crippen LogP contribution in [-0.4, -0.2) is 23.2 Å². The van der Waals surface area contributed by atoms with Crippen molar-refractivity contribution in [2.45, 2.75) is 24.5 Å². The van der Waals surface area contributed by atoms with Gasteiger partial charge in [0, 0.05) is 17.7 Å². The van der Waals surface area contributed by atoms with Crippen LogP contribution in [0.4, 0.5) is 0 Å². The number of thioether (sulfide) groups is 1. The minimum absolute atomic E-state index is 0.216. The molecule has 0 aliphatic heterocycles. The predicted molar refractivity (Wildman–Crippen MR) is 46.8 cm³/mol. The molecule has 54 valence electrons. The highest BCUT2D eigenvalue weighted by atomic mass is 35.5. The van der Waals surface area contributed by atoms with Gasteiger partial charge in [-0.2, -0.15) is 0 Å². The lowest BCUT2D eigenvalue weighted by Crippen LogP contribution is -2.08. The Morgan fingerprint density at radius 3 is 2.44 bits per heavy atom. The second-order valence-electron chi connectivity index (χ2n) is 1.88. The van der Waals surface area contributed by atoms with Crippen molar-refractivity contribution in [3.05, 3.63) is 0 Å². The Hall–Kier alpha value is 0.310. The molecule has 2 atom stereocenters. The summed E-state index contributed by atoms with van der Waals surface area (Å²) >= 11 is 7.44. The number of halogens is 1. The van der Waals surface area contributed by atoms with Crippen LogP contribution in [0, 0.1) is 0 Å². The van der Waals surface area contributed by atoms with Crippen molar-refractivity contribution in [1.29, 1.82) is 0 Å². The van der Waals surface area contributed by atoms with Gasteiger partial charge in [-0.3, -0.25) is 4.99 Å². The molecule has 0 aromatic rings. The summed E-state index contributed by atoms with van der Waals surface area (Å²) in [5.74, 6) is 0. The molecule has 0 amide bonds. The molecule has 1 nitrogen and oxygen atoms in total. The molecule has 0 aromatic heterocycles. The highest BCUT2D eigenvalue weighted by molar-refractivity contribution is 8.12. The van der Waals surface area contributed by atoms with Crippen molar-refractivity contribution < 1.29 is 0 Å². The fourth-order valence-corrected chi connectivity index (χ4v) is 0.974. The monoisotopic (exact) mass is 165 g/mol. The molecule has 0 bridgehead atoms. The quantitative estimate of drug-likeness (QED) is 0.356. The molecule has 0 aliphatic rings. The van der Waals surface area contributed by atoms with E-state index in [-0.39, 0.29) is 5.38 Å². The maximum Gasteiger partial charge on any atom is 0.0540 e. The van der Waals surface area contributed by atoms with Gasteiger partial charge in [0.25, 0.3) is 0 Å². The van der Waals surface area contributed by atoms with Crippen molar-refractivity contribution in [1.82, 2.24) is 0 Å². The van der Waals surface area contributed by atoms with Crippen LogP contribution in [0.5, 0.6) is 0 Å². The molecular formula is C6H12ClNS. The number of nitrogens with zero attached hydrogens (tertiary/aromatic N) is 1. The average molecular weight is 166 g/mol. The largest absolute Gasteiger partial charge is 0.290 e. The topological polar surface area (TPSA) is 12.4 Å². The van der Waals surface area contributed by atoms with Crippen LogP contribution < -0.4 is 0 Å². The van der Waals surface area contributed by atoms with Gasteiger partial charge in [-0.1, -0.05) is 6.92 Å². The molecule has 0 fully saturated rings. The number of hydrogen-bond acceptors (Lipinski definition) is 2. The van der Waals surface area contributed by atoms with Crippen molar-refractivity contribution in [2.75, 3.05) is 7.05 Å². The number of alkyl halides is 1. The molecule has 0 rings (SSSR count). The van der Waals surface area contributed by atoms with Gasteiger partial charge in [0.1, 0.15) is 0 Å². The Morgan fingerprint density at radius 2 is 2.11 bits per heavy atom. The van der Waals surface area contributed by atoms with Crippen LogP contribution >= 0.6 is 23.4 Å². The molecule has 1 unspecified atom stereocenters. The van der Waals surface area contributed by atoms with Gasteiger partial charge in [0.15, 0.2) is 0 Å². The fraction of sp³-hybridized carbons (Fsp3) is 0.833. The minimum atomic E-state index is 0.216. The summed E-state index contributed by atoms with van der Waals surface area (Å²) in [5, 5.41) is 0.670. The zero-order chi connectivity index (χ0) is 7.28. The lowest BCUT2D eigenvalue weighted by Gasteiger charge is -2.08. The van der Waals surface area contributed by atoms with E-state index in [4.69, 9.17) is 11.6 Å². The molecule has 0 saturated heterocycles. The van der Waals surface area contributed by atoms with Crippen LogP contribution in [0.15, 0.2) is 4.99 Å². The minimum Gasteiger partial charge on any atom is -0.290 e. The molecule has 0 aromatic carbocycles. The number of hydrogen-bond donors (Lipinski definition) is 0. The maximum absolute atomic E-state index is 5.78. The highest BCUT2D eigenvalue weighted by Crippen LogP contribution is 2.15. The molecule has 0 aliphatic carbocycles. The van der Waals surface area contributed by atoms with Crippen LogP contribution in [0.3, 0.4) is 0 Å². The lowest BCUT2D eigenvalue weighted by atomic mass is 10.4. The summed E-state index contributed by atoms with van der Waals surface area (Å²) < 4.78 is 0. The van der Waals surface area contributed by atoms with Gasteiger partial charge in [0.05, 0.1) is 5.55 Å². The molecule has 0 spiro atoms. The van der Waals surface area contributed by atoms with E-state index < -0.39 is 0 Å². The molecule has 0 radical (unpaired) electrons. The van der Waals surface area contributed by atoms with Gasteiger partial charge < -0.3 is 0 Å². The Balaban J connectivity index is 3.38. The first-order valence-corrected chi connectivity index (χ1v) is 4.26. The molecule has 9 heavy (non-hydrogen) atoms. The van der Waals surface area contributed by atoms with E-state index in [9.17, 15) is 0 Å². The molecule has 0 N–H and O–H groups in total. The molecule has 3 heteroatoms. The average Bonchev–Trinajstić information content (AvgIpc) is 1.82. The van der Waals surface area contributed by atoms with E-state index in [1.807, 2.05) is 12.5 Å². The zero-order valence-corrected chi connectivity index (χ0v) is 7.54. The van der Waals surface area contributed by atoms with Crippen LogP contribution in [0.25, 0.3) is 0 Å². The third-order valence-corrected chi connectivity index (χ3v) is 2.73. The summed E-state index contributed by atoms with van der Waals surface area (Å²) in [6, 6.07) is 0. The van der Waals surface area contributed by atoms with E-state index >= 15 is 0 Å². The van der Waals surface area contributed by atoms with Crippen molar-refractivity contribution >= 4 is 28.9 Å². The van der Waals surface area contributed by atoms with Gasteiger partial charge in [-0.15, -0.1) is 23.4 Å². The first kappa shape index (κ1) is 9.31. The van der Waals surface area contributed by atoms with Crippen molar-refractivity contribution in [3.8, 4) is 0 Å². The third-order valence-electron chi connectivity index (χ3n) is 1.03. The predicted octanol–water partition coefficient (Wildman–Crippen LogP) is 2.39. The van der Waals surface area contributed by atoms with Crippen molar-refractivity contribution in [2.24, 2.45) is 4.99 Å². The standard InChI is InChI=1S/C6H12ClNS/c1-5(7)6(2)9-4-8-3/h4-6H,1-3H3/t5?,6-/m1/s1.